The molecule has 0 unspecified atom stereocenters. The number of thiophene rings is 1. The maximum absolute atomic E-state index is 9.35. The van der Waals surface area contributed by atoms with Gasteiger partial charge < -0.3 is 14.7 Å². The number of fused-ring (bicyclic) bond motifs is 9. The third kappa shape index (κ3) is 7.49. The van der Waals surface area contributed by atoms with Gasteiger partial charge in [-0.2, -0.15) is 0 Å². The Morgan fingerprint density at radius 2 is 1.01 bits per heavy atom. The van der Waals surface area contributed by atoms with Gasteiger partial charge in [-0.15, -0.1) is 11.3 Å². The van der Waals surface area contributed by atoms with Crippen molar-refractivity contribution in [2.75, 3.05) is 14.7 Å². The monoisotopic (exact) mass is 1010 g/mol. The first-order valence-corrected chi connectivity index (χ1v) is 28.7. The van der Waals surface area contributed by atoms with Gasteiger partial charge in [-0.05, 0) is 207 Å². The lowest BCUT2D eigenvalue weighted by molar-refractivity contribution is 0.332. The van der Waals surface area contributed by atoms with Crippen LogP contribution in [-0.2, 0) is 27.1 Å². The smallest absolute Gasteiger partial charge is 0.252 e. The van der Waals surface area contributed by atoms with Gasteiger partial charge in [0.25, 0.3) is 6.71 Å². The third-order valence-electron chi connectivity index (χ3n) is 18.7. The normalized spacial score (nSPS) is 18.2. The van der Waals surface area contributed by atoms with E-state index in [2.05, 4.69) is 238 Å². The van der Waals surface area contributed by atoms with Crippen LogP contribution in [0.5, 0.6) is 0 Å². The van der Waals surface area contributed by atoms with E-state index < -0.39 is 6.85 Å². The molecule has 0 N–H and O–H groups in total. The van der Waals surface area contributed by atoms with Crippen molar-refractivity contribution in [1.29, 1.82) is 0 Å². The second-order valence-corrected chi connectivity index (χ2v) is 27.7. The fraction of sp³-hybridized carbons (Fsp3) is 0.324. The number of hydrogen-bond acceptors (Lipinski definition) is 4. The van der Waals surface area contributed by atoms with Gasteiger partial charge in [0, 0.05) is 75.5 Å². The molecule has 0 spiro atoms. The first-order chi connectivity index (χ1) is 37.2. The zero-order valence-electron chi connectivity index (χ0n) is 50.0. The maximum atomic E-state index is 9.35. The van der Waals surface area contributed by atoms with Crippen molar-refractivity contribution < 1.29 is 4.11 Å². The lowest BCUT2D eigenvalue weighted by Gasteiger charge is -2.48. The van der Waals surface area contributed by atoms with Crippen LogP contribution in [0.4, 0.5) is 51.2 Å². The molecule has 3 heterocycles. The van der Waals surface area contributed by atoms with Gasteiger partial charge >= 0.3 is 0 Å². The zero-order chi connectivity index (χ0) is 55.7. The highest BCUT2D eigenvalue weighted by atomic mass is 32.1. The molecule has 2 aliphatic heterocycles. The predicted octanol–water partition coefficient (Wildman–Crippen LogP) is 18.5. The van der Waals surface area contributed by atoms with E-state index in [1.54, 1.807) is 0 Å². The molecular formula is C71H74BN3S. The Balaban J connectivity index is 1.15. The van der Waals surface area contributed by atoms with Crippen LogP contribution in [0.2, 0.25) is 0 Å². The number of nitrogens with zero attached hydrogens (tertiary/aromatic N) is 3. The zero-order valence-corrected chi connectivity index (χ0v) is 47.8. The molecule has 0 amide bonds. The molecular weight excluding hydrogens is 938 g/mol. The number of hydrogen-bond donors (Lipinski definition) is 0. The van der Waals surface area contributed by atoms with E-state index in [4.69, 9.17) is 0 Å². The van der Waals surface area contributed by atoms with Crippen LogP contribution < -0.4 is 31.1 Å². The summed E-state index contributed by atoms with van der Waals surface area (Å²) < 4.78 is 30.5. The lowest BCUT2D eigenvalue weighted by Crippen LogP contribution is -2.62. The molecule has 13 rings (SSSR count). The minimum atomic E-state index is -2.41. The van der Waals surface area contributed by atoms with Crippen molar-refractivity contribution in [2.24, 2.45) is 0 Å². The number of para-hydroxylation sites is 2. The molecule has 0 saturated heterocycles. The van der Waals surface area contributed by atoms with E-state index in [-0.39, 0.29) is 33.8 Å². The van der Waals surface area contributed by atoms with Crippen LogP contribution in [0.1, 0.15) is 150 Å². The first kappa shape index (κ1) is 45.6. The molecule has 2 aliphatic carbocycles. The van der Waals surface area contributed by atoms with E-state index in [0.717, 1.165) is 82.3 Å². The molecule has 3 nitrogen and oxygen atoms in total. The molecule has 0 radical (unpaired) electrons. The number of benzene rings is 8. The molecule has 5 heteroatoms. The summed E-state index contributed by atoms with van der Waals surface area (Å²) in [5.41, 5.74) is 22.4. The van der Waals surface area contributed by atoms with Gasteiger partial charge in [-0.25, -0.2) is 0 Å². The minimum Gasteiger partial charge on any atom is -0.311 e. The topological polar surface area (TPSA) is 9.72 Å². The SMILES string of the molecule is [2H]C([2H])([2H])c1cc2c3c(c1)N(c1ccc4c(c1)C(C)(C)CCC4(C)C)c1cc4c(cc1B3c1ccc(N(c3ccccc3C)c3ccccc3C)cc1N2c1ccc2c(c1)sc1cc(C(C)(C)C)ccc12)C(C)(C)CCC4(C)C. The summed E-state index contributed by atoms with van der Waals surface area (Å²) in [4.78, 5) is 7.32. The summed E-state index contributed by atoms with van der Waals surface area (Å²) in [5.74, 6) is 0. The average Bonchev–Trinajstić information content (AvgIpc) is 2.82. The van der Waals surface area contributed by atoms with Crippen LogP contribution >= 0.6 is 11.3 Å². The van der Waals surface area contributed by atoms with Crippen molar-refractivity contribution >= 4 is 106 Å². The van der Waals surface area contributed by atoms with Crippen LogP contribution in [0.15, 0.2) is 146 Å². The van der Waals surface area contributed by atoms with Crippen molar-refractivity contribution in [2.45, 2.75) is 150 Å². The summed E-state index contributed by atoms with van der Waals surface area (Å²) in [6.45, 7) is 27.9. The third-order valence-corrected chi connectivity index (χ3v) is 19.8. The molecule has 9 aromatic rings. The van der Waals surface area contributed by atoms with Crippen LogP contribution in [-0.4, -0.2) is 6.71 Å². The van der Waals surface area contributed by atoms with Gasteiger partial charge in [-0.1, -0.05) is 149 Å². The molecule has 0 fully saturated rings. The Hall–Kier alpha value is -6.56. The Labute approximate surface area is 461 Å². The standard InChI is InChI=1S/C71H74BN3S/c1-43-35-62-66-63(36-43)75(49-24-28-51-50-27-23-46(67(4,5)6)37-64(50)76-65(51)40-49)60-39-48(73(58-21-17-15-19-44(58)2)59-22-18-16-20-45(59)3)26-30-56(60)72(66)57-41-54-55(71(13,14)34-33-70(54,11)12)42-61(57)74(62)47-25-29-52-53(38-47)69(9,10)32-31-68(52,7)8/h15-30,35-42H,31-34H2,1-14H3/i1D3. The first-order valence-electron chi connectivity index (χ1n) is 29.4. The Morgan fingerprint density at radius 1 is 0.500 bits per heavy atom. The van der Waals surface area contributed by atoms with Gasteiger partial charge in [0.15, 0.2) is 0 Å². The highest BCUT2D eigenvalue weighted by Gasteiger charge is 2.47. The van der Waals surface area contributed by atoms with E-state index in [9.17, 15) is 4.11 Å². The number of aryl methyl sites for hydroxylation is 3. The van der Waals surface area contributed by atoms with Gasteiger partial charge in [-0.3, -0.25) is 0 Å². The molecule has 4 aliphatic rings. The van der Waals surface area contributed by atoms with Gasteiger partial charge in [0.2, 0.25) is 0 Å². The number of rotatable bonds is 5. The van der Waals surface area contributed by atoms with Gasteiger partial charge in [0.05, 0.1) is 0 Å². The summed E-state index contributed by atoms with van der Waals surface area (Å²) in [6.07, 6.45) is 4.40. The largest absolute Gasteiger partial charge is 0.311 e. The van der Waals surface area contributed by atoms with Crippen molar-refractivity contribution in [1.82, 2.24) is 0 Å². The van der Waals surface area contributed by atoms with Crippen LogP contribution in [0.25, 0.3) is 20.2 Å². The lowest BCUT2D eigenvalue weighted by atomic mass is 9.33. The Morgan fingerprint density at radius 3 is 1.61 bits per heavy atom. The fourth-order valence-electron chi connectivity index (χ4n) is 13.9. The van der Waals surface area contributed by atoms with Crippen LogP contribution in [0, 0.1) is 20.7 Å². The second-order valence-electron chi connectivity index (χ2n) is 26.6. The molecule has 1 aromatic heterocycles. The Bertz CT molecular complexity index is 3970. The van der Waals surface area contributed by atoms with E-state index in [1.165, 1.54) is 70.0 Å². The summed E-state index contributed by atoms with van der Waals surface area (Å²) in [7, 11) is 0. The van der Waals surface area contributed by atoms with Crippen LogP contribution in [0.3, 0.4) is 0 Å². The van der Waals surface area contributed by atoms with E-state index >= 15 is 0 Å². The Kier molecular flexibility index (Phi) is 10.0. The summed E-state index contributed by atoms with van der Waals surface area (Å²) in [5, 5.41) is 2.48. The van der Waals surface area contributed by atoms with Crippen molar-refractivity contribution in [3.63, 3.8) is 0 Å². The quantitative estimate of drug-likeness (QED) is 0.159. The van der Waals surface area contributed by atoms with Gasteiger partial charge in [0.1, 0.15) is 0 Å². The molecule has 8 aromatic carbocycles. The molecule has 76 heavy (non-hydrogen) atoms. The maximum Gasteiger partial charge on any atom is 0.252 e. The van der Waals surface area contributed by atoms with E-state index in [0.29, 0.717) is 5.56 Å². The summed E-state index contributed by atoms with van der Waals surface area (Å²) in [6, 6.07) is 54.8. The summed E-state index contributed by atoms with van der Waals surface area (Å²) >= 11 is 1.84. The predicted molar refractivity (Wildman–Crippen MR) is 332 cm³/mol. The molecule has 0 atom stereocenters. The van der Waals surface area contributed by atoms with E-state index in [1.807, 2.05) is 23.5 Å². The van der Waals surface area contributed by atoms with Crippen molar-refractivity contribution in [3.8, 4) is 0 Å². The highest BCUT2D eigenvalue weighted by molar-refractivity contribution is 7.25. The molecule has 0 saturated carbocycles. The van der Waals surface area contributed by atoms with Crippen molar-refractivity contribution in [3.05, 3.63) is 190 Å². The molecule has 0 bridgehead atoms. The highest BCUT2D eigenvalue weighted by Crippen LogP contribution is 2.54. The fourth-order valence-corrected chi connectivity index (χ4v) is 15.0. The average molecular weight is 1020 g/mol. The number of anilines is 9. The minimum absolute atomic E-state index is 0.0161. The molecule has 382 valence electrons. The second kappa shape index (κ2) is 16.7.